The minimum absolute atomic E-state index is 0.134. The van der Waals surface area contributed by atoms with Crippen LogP contribution >= 0.6 is 40.5 Å². The van der Waals surface area contributed by atoms with Gasteiger partial charge in [0.1, 0.15) is 10.0 Å². The maximum Gasteiger partial charge on any atom is 0.332 e. The predicted octanol–water partition coefficient (Wildman–Crippen LogP) is 3.50. The fourth-order valence-corrected chi connectivity index (χ4v) is 1.97. The first kappa shape index (κ1) is 13.3. The molecule has 0 saturated heterocycles. The van der Waals surface area contributed by atoms with E-state index >= 15 is 0 Å². The minimum Gasteiger partial charge on any atom is -0.328 e. The van der Waals surface area contributed by atoms with Crippen LogP contribution in [0.3, 0.4) is 0 Å². The van der Waals surface area contributed by atoms with Gasteiger partial charge in [-0.1, -0.05) is 45.7 Å². The summed E-state index contributed by atoms with van der Waals surface area (Å²) in [6.45, 7) is 3.90. The molecule has 12 heavy (non-hydrogen) atoms. The molecule has 74 valence electrons. The molecular formula is C6H13Br2O3P. The number of halogens is 2. The second-order valence-electron chi connectivity index (χ2n) is 2.09. The Morgan fingerprint density at radius 3 is 1.75 bits per heavy atom. The third kappa shape index (κ3) is 6.75. The molecule has 1 N–H and O–H groups in total. The van der Waals surface area contributed by atoms with Crippen molar-refractivity contribution in [2.24, 2.45) is 0 Å². The minimum atomic E-state index is -1.76. The van der Waals surface area contributed by atoms with Crippen LogP contribution in [0.2, 0.25) is 0 Å². The highest BCUT2D eigenvalue weighted by molar-refractivity contribution is 9.09. The quantitative estimate of drug-likeness (QED) is 0.600. The van der Waals surface area contributed by atoms with E-state index in [1.54, 1.807) is 0 Å². The van der Waals surface area contributed by atoms with E-state index in [0.717, 1.165) is 12.8 Å². The third-order valence-electron chi connectivity index (χ3n) is 1.05. The van der Waals surface area contributed by atoms with Crippen molar-refractivity contribution in [1.82, 2.24) is 0 Å². The molecule has 2 atom stereocenters. The highest BCUT2D eigenvalue weighted by Crippen LogP contribution is 2.39. The summed E-state index contributed by atoms with van der Waals surface area (Å²) in [6, 6.07) is 0. The van der Waals surface area contributed by atoms with Gasteiger partial charge in [-0.05, 0) is 12.8 Å². The highest BCUT2D eigenvalue weighted by Gasteiger charge is 2.15. The predicted molar refractivity (Wildman–Crippen MR) is 57.3 cm³/mol. The average Bonchev–Trinajstić information content (AvgIpc) is 2.03. The van der Waals surface area contributed by atoms with Gasteiger partial charge in [-0.25, -0.2) is 0 Å². The molecule has 6 heteroatoms. The van der Waals surface area contributed by atoms with Crippen LogP contribution < -0.4 is 0 Å². The molecule has 0 heterocycles. The Morgan fingerprint density at radius 2 is 1.50 bits per heavy atom. The van der Waals surface area contributed by atoms with Gasteiger partial charge in [0, 0.05) is 0 Å². The van der Waals surface area contributed by atoms with Gasteiger partial charge in [0.05, 0.1) is 0 Å². The molecule has 0 aliphatic rings. The summed E-state index contributed by atoms with van der Waals surface area (Å²) in [5.74, 6) is 0. The SMILES string of the molecule is CCC(Br)OP(O)OC(Br)CC. The van der Waals surface area contributed by atoms with E-state index in [1.165, 1.54) is 0 Å². The first-order valence-corrected chi connectivity index (χ1v) is 6.67. The summed E-state index contributed by atoms with van der Waals surface area (Å²) < 4.78 is 10.1. The van der Waals surface area contributed by atoms with Crippen molar-refractivity contribution in [3.8, 4) is 0 Å². The lowest BCUT2D eigenvalue weighted by atomic mass is 10.5. The Morgan fingerprint density at radius 1 is 1.17 bits per heavy atom. The van der Waals surface area contributed by atoms with Gasteiger partial charge >= 0.3 is 8.60 Å². The smallest absolute Gasteiger partial charge is 0.328 e. The Bertz CT molecular complexity index is 105. The molecule has 0 saturated carbocycles. The number of rotatable bonds is 6. The molecular weight excluding hydrogens is 311 g/mol. The molecule has 0 bridgehead atoms. The Hall–Kier alpha value is 1.27. The molecule has 0 aliphatic heterocycles. The lowest BCUT2D eigenvalue weighted by Gasteiger charge is -2.16. The molecule has 0 aliphatic carbocycles. The van der Waals surface area contributed by atoms with Crippen LogP contribution in [-0.4, -0.2) is 14.9 Å². The van der Waals surface area contributed by atoms with Crippen molar-refractivity contribution in [3.63, 3.8) is 0 Å². The number of hydrogen-bond donors (Lipinski definition) is 1. The van der Waals surface area contributed by atoms with Gasteiger partial charge in [0.2, 0.25) is 0 Å². The maximum absolute atomic E-state index is 9.21. The molecule has 0 spiro atoms. The van der Waals surface area contributed by atoms with E-state index in [-0.39, 0.29) is 10.0 Å². The van der Waals surface area contributed by atoms with E-state index in [1.807, 2.05) is 13.8 Å². The van der Waals surface area contributed by atoms with Crippen molar-refractivity contribution < 1.29 is 13.9 Å². The molecule has 0 fully saturated rings. The molecule has 3 nitrogen and oxygen atoms in total. The summed E-state index contributed by atoms with van der Waals surface area (Å²) >= 11 is 6.46. The molecule has 0 aromatic heterocycles. The summed E-state index contributed by atoms with van der Waals surface area (Å²) in [7, 11) is -1.76. The summed E-state index contributed by atoms with van der Waals surface area (Å²) in [4.78, 5) is 9.21. The average molecular weight is 324 g/mol. The molecule has 0 aromatic carbocycles. The van der Waals surface area contributed by atoms with Gasteiger partial charge < -0.3 is 4.89 Å². The van der Waals surface area contributed by atoms with Crippen LogP contribution in [-0.2, 0) is 9.05 Å². The molecule has 2 unspecified atom stereocenters. The van der Waals surface area contributed by atoms with Crippen molar-refractivity contribution in [2.75, 3.05) is 0 Å². The number of hydrogen-bond acceptors (Lipinski definition) is 3. The molecule has 0 aromatic rings. The lowest BCUT2D eigenvalue weighted by Crippen LogP contribution is -2.03. The van der Waals surface area contributed by atoms with E-state index < -0.39 is 8.60 Å². The molecule has 0 amide bonds. The van der Waals surface area contributed by atoms with E-state index in [0.29, 0.717) is 0 Å². The Kier molecular flexibility index (Phi) is 8.46. The van der Waals surface area contributed by atoms with Crippen molar-refractivity contribution in [1.29, 1.82) is 0 Å². The first-order valence-electron chi connectivity index (χ1n) is 3.70. The Balaban J connectivity index is 3.51. The fraction of sp³-hybridized carbons (Fsp3) is 1.00. The van der Waals surface area contributed by atoms with Crippen LogP contribution in [0.5, 0.6) is 0 Å². The Labute approximate surface area is 91.1 Å². The van der Waals surface area contributed by atoms with Gasteiger partial charge in [-0.15, -0.1) is 0 Å². The summed E-state index contributed by atoms with van der Waals surface area (Å²) in [5, 5.41) is -0.268. The summed E-state index contributed by atoms with van der Waals surface area (Å²) in [5.41, 5.74) is 0. The zero-order valence-corrected chi connectivity index (χ0v) is 11.1. The zero-order valence-electron chi connectivity index (χ0n) is 7.04. The van der Waals surface area contributed by atoms with Crippen LogP contribution in [0.15, 0.2) is 0 Å². The normalized spacial score (nSPS) is 18.8. The van der Waals surface area contributed by atoms with Crippen molar-refractivity contribution >= 4 is 40.5 Å². The van der Waals surface area contributed by atoms with Crippen molar-refractivity contribution in [3.05, 3.63) is 0 Å². The van der Waals surface area contributed by atoms with Crippen LogP contribution in [0.4, 0.5) is 0 Å². The van der Waals surface area contributed by atoms with E-state index in [2.05, 4.69) is 31.9 Å². The van der Waals surface area contributed by atoms with Crippen molar-refractivity contribution in [2.45, 2.75) is 36.7 Å². The second kappa shape index (κ2) is 7.65. The van der Waals surface area contributed by atoms with Crippen LogP contribution in [0.25, 0.3) is 0 Å². The summed E-state index contributed by atoms with van der Waals surface area (Å²) in [6.07, 6.45) is 1.59. The topological polar surface area (TPSA) is 38.7 Å². The lowest BCUT2D eigenvalue weighted by molar-refractivity contribution is 0.178. The van der Waals surface area contributed by atoms with Gasteiger partial charge in [-0.3, -0.25) is 9.05 Å². The number of alkyl halides is 2. The third-order valence-corrected chi connectivity index (χ3v) is 4.17. The van der Waals surface area contributed by atoms with Crippen LogP contribution in [0.1, 0.15) is 26.7 Å². The highest BCUT2D eigenvalue weighted by atomic mass is 79.9. The van der Waals surface area contributed by atoms with Gasteiger partial charge in [-0.2, -0.15) is 0 Å². The maximum atomic E-state index is 9.21. The van der Waals surface area contributed by atoms with E-state index in [9.17, 15) is 4.89 Å². The largest absolute Gasteiger partial charge is 0.332 e. The zero-order chi connectivity index (χ0) is 9.56. The molecule has 0 radical (unpaired) electrons. The van der Waals surface area contributed by atoms with E-state index in [4.69, 9.17) is 9.05 Å². The molecule has 0 rings (SSSR count). The second-order valence-corrected chi connectivity index (χ2v) is 5.03. The van der Waals surface area contributed by atoms with Gasteiger partial charge in [0.15, 0.2) is 0 Å². The fourth-order valence-electron chi connectivity index (χ4n) is 0.370. The first-order chi connectivity index (χ1) is 5.60. The monoisotopic (exact) mass is 322 g/mol. The van der Waals surface area contributed by atoms with Crippen LogP contribution in [0, 0.1) is 0 Å². The standard InChI is InChI=1S/C6H13Br2O3P/c1-3-5(7)10-12(9)11-6(8)4-2/h5-6,9H,3-4H2,1-2H3. The van der Waals surface area contributed by atoms with Gasteiger partial charge in [0.25, 0.3) is 0 Å².